The molecule has 1 aliphatic heterocycles. The molecule has 98 valence electrons. The van der Waals surface area contributed by atoms with Crippen molar-refractivity contribution in [2.45, 2.75) is 39.3 Å². The Balaban J connectivity index is 2.20. The van der Waals surface area contributed by atoms with E-state index in [2.05, 4.69) is 5.32 Å². The Kier molecular flexibility index (Phi) is 3.66. The number of nitrogens with zero attached hydrogens (tertiary/aromatic N) is 1. The summed E-state index contributed by atoms with van der Waals surface area (Å²) in [6.07, 6.45) is 0.771. The number of carbonyl (C=O) groups excluding carboxylic acids is 1. The number of rotatable bonds is 3. The molecule has 0 saturated carbocycles. The van der Waals surface area contributed by atoms with E-state index in [1.807, 2.05) is 20.8 Å². The SMILES string of the molecule is Cc1ccc(F)cc1N1CCC(NC(C)C)C1=O. The third-order valence-electron chi connectivity index (χ3n) is 3.20. The quantitative estimate of drug-likeness (QED) is 0.892. The van der Waals surface area contributed by atoms with Crippen molar-refractivity contribution in [2.24, 2.45) is 0 Å². The predicted octanol–water partition coefficient (Wildman–Crippen LogP) is 2.24. The topological polar surface area (TPSA) is 32.3 Å². The minimum Gasteiger partial charge on any atom is -0.311 e. The molecule has 0 radical (unpaired) electrons. The number of aryl methyl sites for hydroxylation is 1. The first-order valence-corrected chi connectivity index (χ1v) is 6.32. The summed E-state index contributed by atoms with van der Waals surface area (Å²) in [6, 6.07) is 4.69. The summed E-state index contributed by atoms with van der Waals surface area (Å²) in [4.78, 5) is 13.9. The highest BCUT2D eigenvalue weighted by atomic mass is 19.1. The minimum atomic E-state index is -0.302. The summed E-state index contributed by atoms with van der Waals surface area (Å²) < 4.78 is 13.3. The van der Waals surface area contributed by atoms with Gasteiger partial charge in [-0.25, -0.2) is 4.39 Å². The highest BCUT2D eigenvalue weighted by Gasteiger charge is 2.33. The zero-order valence-electron chi connectivity index (χ0n) is 11.0. The summed E-state index contributed by atoms with van der Waals surface area (Å²) in [5.74, 6) is -0.263. The Bertz CT molecular complexity index is 459. The van der Waals surface area contributed by atoms with Gasteiger partial charge in [0.1, 0.15) is 5.82 Å². The van der Waals surface area contributed by atoms with Gasteiger partial charge in [0.05, 0.1) is 6.04 Å². The van der Waals surface area contributed by atoms with Gasteiger partial charge in [-0.15, -0.1) is 0 Å². The molecule has 1 fully saturated rings. The van der Waals surface area contributed by atoms with Crippen LogP contribution in [0.3, 0.4) is 0 Å². The molecule has 1 N–H and O–H groups in total. The van der Waals surface area contributed by atoms with Gasteiger partial charge in [0.2, 0.25) is 5.91 Å². The molecule has 0 spiro atoms. The molecule has 0 aromatic heterocycles. The fourth-order valence-electron chi connectivity index (χ4n) is 2.35. The van der Waals surface area contributed by atoms with Crippen LogP contribution in [-0.4, -0.2) is 24.5 Å². The number of hydrogen-bond donors (Lipinski definition) is 1. The van der Waals surface area contributed by atoms with Gasteiger partial charge >= 0.3 is 0 Å². The van der Waals surface area contributed by atoms with Crippen molar-refractivity contribution < 1.29 is 9.18 Å². The molecule has 4 heteroatoms. The van der Waals surface area contributed by atoms with Crippen molar-refractivity contribution in [3.63, 3.8) is 0 Å². The number of halogens is 1. The van der Waals surface area contributed by atoms with Crippen LogP contribution in [0, 0.1) is 12.7 Å². The maximum Gasteiger partial charge on any atom is 0.244 e. The van der Waals surface area contributed by atoms with E-state index in [4.69, 9.17) is 0 Å². The zero-order valence-corrected chi connectivity index (χ0v) is 11.0. The average molecular weight is 250 g/mol. The maximum atomic E-state index is 13.3. The summed E-state index contributed by atoms with van der Waals surface area (Å²) >= 11 is 0. The minimum absolute atomic E-state index is 0.0393. The van der Waals surface area contributed by atoms with Crippen molar-refractivity contribution in [3.8, 4) is 0 Å². The van der Waals surface area contributed by atoms with Crippen molar-refractivity contribution >= 4 is 11.6 Å². The number of nitrogens with one attached hydrogen (secondary N) is 1. The Hall–Kier alpha value is -1.42. The van der Waals surface area contributed by atoms with E-state index in [1.165, 1.54) is 12.1 Å². The smallest absolute Gasteiger partial charge is 0.244 e. The molecule has 1 heterocycles. The van der Waals surface area contributed by atoms with E-state index < -0.39 is 0 Å². The van der Waals surface area contributed by atoms with Gasteiger partial charge in [-0.3, -0.25) is 4.79 Å². The standard InChI is InChI=1S/C14H19FN2O/c1-9(2)16-12-6-7-17(14(12)18)13-8-11(15)5-4-10(13)3/h4-5,8-9,12,16H,6-7H2,1-3H3. The molecule has 18 heavy (non-hydrogen) atoms. The summed E-state index contributed by atoms with van der Waals surface area (Å²) in [6.45, 7) is 6.57. The van der Waals surface area contributed by atoms with Gasteiger partial charge in [-0.1, -0.05) is 19.9 Å². The summed E-state index contributed by atoms with van der Waals surface area (Å²) in [5, 5.41) is 3.24. The average Bonchev–Trinajstić information content (AvgIpc) is 2.64. The maximum absolute atomic E-state index is 13.3. The van der Waals surface area contributed by atoms with Crippen LogP contribution in [0.15, 0.2) is 18.2 Å². The van der Waals surface area contributed by atoms with Gasteiger partial charge < -0.3 is 10.2 Å². The van der Waals surface area contributed by atoms with Crippen LogP contribution >= 0.6 is 0 Å². The van der Waals surface area contributed by atoms with E-state index in [0.29, 0.717) is 12.2 Å². The van der Waals surface area contributed by atoms with Crippen LogP contribution in [0.1, 0.15) is 25.8 Å². The second-order valence-electron chi connectivity index (χ2n) is 5.08. The number of hydrogen-bond acceptors (Lipinski definition) is 2. The lowest BCUT2D eigenvalue weighted by atomic mass is 10.2. The van der Waals surface area contributed by atoms with Crippen LogP contribution in [0.25, 0.3) is 0 Å². The third kappa shape index (κ3) is 2.53. The normalized spacial score (nSPS) is 19.9. The first kappa shape index (κ1) is 13.0. The fraction of sp³-hybridized carbons (Fsp3) is 0.500. The predicted molar refractivity (Wildman–Crippen MR) is 70.2 cm³/mol. The summed E-state index contributed by atoms with van der Waals surface area (Å²) in [7, 11) is 0. The molecule has 1 atom stereocenters. The van der Waals surface area contributed by atoms with Gasteiger partial charge in [0.15, 0.2) is 0 Å². The Labute approximate surface area is 107 Å². The molecule has 1 aromatic rings. The highest BCUT2D eigenvalue weighted by Crippen LogP contribution is 2.26. The van der Waals surface area contributed by atoms with Crippen LogP contribution in [0.4, 0.5) is 10.1 Å². The van der Waals surface area contributed by atoms with Gasteiger partial charge in [-0.2, -0.15) is 0 Å². The van der Waals surface area contributed by atoms with E-state index in [9.17, 15) is 9.18 Å². The molecule has 1 saturated heterocycles. The van der Waals surface area contributed by atoms with E-state index in [1.54, 1.807) is 11.0 Å². The number of carbonyl (C=O) groups is 1. The lowest BCUT2D eigenvalue weighted by molar-refractivity contribution is -0.118. The monoisotopic (exact) mass is 250 g/mol. The molecule has 0 aliphatic carbocycles. The number of anilines is 1. The number of amides is 1. The molecule has 2 rings (SSSR count). The highest BCUT2D eigenvalue weighted by molar-refractivity contribution is 6.00. The molecule has 1 aliphatic rings. The Morgan fingerprint density at radius 3 is 2.83 bits per heavy atom. The van der Waals surface area contributed by atoms with E-state index >= 15 is 0 Å². The van der Waals surface area contributed by atoms with Crippen LogP contribution in [0.5, 0.6) is 0 Å². The van der Waals surface area contributed by atoms with E-state index in [-0.39, 0.29) is 23.8 Å². The fourth-order valence-corrected chi connectivity index (χ4v) is 2.35. The molecular weight excluding hydrogens is 231 g/mol. The largest absolute Gasteiger partial charge is 0.311 e. The first-order valence-electron chi connectivity index (χ1n) is 6.32. The second-order valence-corrected chi connectivity index (χ2v) is 5.08. The number of benzene rings is 1. The zero-order chi connectivity index (χ0) is 13.3. The van der Waals surface area contributed by atoms with Crippen LogP contribution < -0.4 is 10.2 Å². The lowest BCUT2D eigenvalue weighted by Crippen LogP contribution is -2.41. The summed E-state index contributed by atoms with van der Waals surface area (Å²) in [5.41, 5.74) is 1.61. The van der Waals surface area contributed by atoms with Crippen molar-refractivity contribution in [1.82, 2.24) is 5.32 Å². The molecule has 1 aromatic carbocycles. The third-order valence-corrected chi connectivity index (χ3v) is 3.20. The molecular formula is C14H19FN2O. The van der Waals surface area contributed by atoms with Gasteiger partial charge in [0.25, 0.3) is 0 Å². The lowest BCUT2D eigenvalue weighted by Gasteiger charge is -2.20. The first-order chi connectivity index (χ1) is 8.49. The van der Waals surface area contributed by atoms with Crippen molar-refractivity contribution in [3.05, 3.63) is 29.6 Å². The molecule has 3 nitrogen and oxygen atoms in total. The van der Waals surface area contributed by atoms with Crippen molar-refractivity contribution in [1.29, 1.82) is 0 Å². The Morgan fingerprint density at radius 1 is 1.44 bits per heavy atom. The molecule has 1 unspecified atom stereocenters. The Morgan fingerprint density at radius 2 is 2.17 bits per heavy atom. The van der Waals surface area contributed by atoms with E-state index in [0.717, 1.165) is 12.0 Å². The molecule has 1 amide bonds. The second kappa shape index (κ2) is 5.06. The van der Waals surface area contributed by atoms with Crippen LogP contribution in [-0.2, 0) is 4.79 Å². The van der Waals surface area contributed by atoms with Crippen molar-refractivity contribution in [2.75, 3.05) is 11.4 Å². The van der Waals surface area contributed by atoms with Gasteiger partial charge in [0, 0.05) is 18.3 Å². The molecule has 0 bridgehead atoms. The van der Waals surface area contributed by atoms with Crippen LogP contribution in [0.2, 0.25) is 0 Å². The van der Waals surface area contributed by atoms with Gasteiger partial charge in [-0.05, 0) is 31.0 Å².